The molecule has 1 N–H and O–H groups in total. The van der Waals surface area contributed by atoms with Crippen LogP contribution in [0.15, 0.2) is 30.3 Å². The van der Waals surface area contributed by atoms with Gasteiger partial charge in [0.1, 0.15) is 23.4 Å². The lowest BCUT2D eigenvalue weighted by molar-refractivity contribution is 0.396. The van der Waals surface area contributed by atoms with Crippen LogP contribution in [0, 0.1) is 17.1 Å². The number of hydrogen-bond donors (Lipinski definition) is 1. The molecule has 0 atom stereocenters. The Morgan fingerprint density at radius 3 is 2.43 bits per heavy atom. The van der Waals surface area contributed by atoms with Crippen LogP contribution in [0.1, 0.15) is 5.56 Å². The highest BCUT2D eigenvalue weighted by atomic mass is 35.5. The van der Waals surface area contributed by atoms with Crippen molar-refractivity contribution in [2.75, 3.05) is 19.5 Å². The molecule has 0 amide bonds. The molecule has 0 aliphatic heterocycles. The van der Waals surface area contributed by atoms with Crippen molar-refractivity contribution in [2.24, 2.45) is 0 Å². The number of anilines is 2. The summed E-state index contributed by atoms with van der Waals surface area (Å²) in [5.41, 5.74) is 1.03. The van der Waals surface area contributed by atoms with Gasteiger partial charge in [0.05, 0.1) is 30.5 Å². The first kappa shape index (κ1) is 14.9. The van der Waals surface area contributed by atoms with Gasteiger partial charge in [-0.05, 0) is 24.3 Å². The molecule has 0 radical (unpaired) electrons. The molecule has 0 unspecified atom stereocenters. The summed E-state index contributed by atoms with van der Waals surface area (Å²) in [6.07, 6.45) is 0. The third-order valence-electron chi connectivity index (χ3n) is 2.84. The minimum atomic E-state index is -0.596. The molecular weight excluding hydrogens is 295 g/mol. The van der Waals surface area contributed by atoms with Gasteiger partial charge in [0.25, 0.3) is 0 Å². The van der Waals surface area contributed by atoms with Crippen LogP contribution in [-0.4, -0.2) is 14.2 Å². The molecule has 2 rings (SSSR count). The summed E-state index contributed by atoms with van der Waals surface area (Å²) in [6, 6.07) is 9.24. The quantitative estimate of drug-likeness (QED) is 0.923. The van der Waals surface area contributed by atoms with E-state index < -0.39 is 5.82 Å². The molecule has 0 aliphatic carbocycles. The second kappa shape index (κ2) is 6.33. The molecule has 0 saturated carbocycles. The Hall–Kier alpha value is -2.45. The van der Waals surface area contributed by atoms with E-state index in [0.717, 1.165) is 0 Å². The number of methoxy groups -OCH3 is 2. The number of nitriles is 1. The zero-order valence-electron chi connectivity index (χ0n) is 11.4. The fraction of sp³-hybridized carbons (Fsp3) is 0.133. The second-order valence-electron chi connectivity index (χ2n) is 4.12. The number of nitrogens with zero attached hydrogens (tertiary/aromatic N) is 1. The van der Waals surface area contributed by atoms with Crippen molar-refractivity contribution in [2.45, 2.75) is 0 Å². The maximum atomic E-state index is 13.6. The van der Waals surface area contributed by atoms with E-state index in [1.807, 2.05) is 0 Å². The third-order valence-corrected chi connectivity index (χ3v) is 3.14. The number of benzene rings is 2. The summed E-state index contributed by atoms with van der Waals surface area (Å²) in [6.45, 7) is 0. The van der Waals surface area contributed by atoms with Crippen molar-refractivity contribution < 1.29 is 13.9 Å². The molecule has 0 aromatic heterocycles. The first-order chi connectivity index (χ1) is 10.1. The van der Waals surface area contributed by atoms with E-state index in [4.69, 9.17) is 26.3 Å². The van der Waals surface area contributed by atoms with Crippen LogP contribution >= 0.6 is 11.6 Å². The lowest BCUT2D eigenvalue weighted by atomic mass is 10.2. The van der Waals surface area contributed by atoms with Gasteiger partial charge in [0.2, 0.25) is 0 Å². The van der Waals surface area contributed by atoms with Gasteiger partial charge in [-0.25, -0.2) is 4.39 Å². The summed E-state index contributed by atoms with van der Waals surface area (Å²) < 4.78 is 23.9. The second-order valence-corrected chi connectivity index (χ2v) is 4.53. The summed E-state index contributed by atoms with van der Waals surface area (Å²) in [4.78, 5) is 0. The number of rotatable bonds is 4. The zero-order valence-corrected chi connectivity index (χ0v) is 12.2. The SMILES string of the molecule is COc1cc(OC)c(Nc2ccc(C#N)c(F)c2)cc1Cl. The fourth-order valence-electron chi connectivity index (χ4n) is 1.80. The lowest BCUT2D eigenvalue weighted by Crippen LogP contribution is -1.97. The topological polar surface area (TPSA) is 54.3 Å². The molecule has 108 valence electrons. The van der Waals surface area contributed by atoms with E-state index in [9.17, 15) is 4.39 Å². The number of hydrogen-bond acceptors (Lipinski definition) is 4. The van der Waals surface area contributed by atoms with Crippen molar-refractivity contribution in [3.63, 3.8) is 0 Å². The highest BCUT2D eigenvalue weighted by molar-refractivity contribution is 6.32. The average Bonchev–Trinajstić information content (AvgIpc) is 2.48. The van der Waals surface area contributed by atoms with Gasteiger partial charge in [0, 0.05) is 11.8 Å². The molecule has 0 spiro atoms. The van der Waals surface area contributed by atoms with Crippen LogP contribution in [0.3, 0.4) is 0 Å². The summed E-state index contributed by atoms with van der Waals surface area (Å²) in [5.74, 6) is 0.382. The Kier molecular flexibility index (Phi) is 4.51. The largest absolute Gasteiger partial charge is 0.495 e. The highest BCUT2D eigenvalue weighted by Crippen LogP contribution is 2.37. The molecule has 0 aliphatic rings. The van der Waals surface area contributed by atoms with Crippen LogP contribution in [0.2, 0.25) is 5.02 Å². The van der Waals surface area contributed by atoms with Gasteiger partial charge in [-0.3, -0.25) is 0 Å². The smallest absolute Gasteiger partial charge is 0.146 e. The van der Waals surface area contributed by atoms with Crippen molar-refractivity contribution in [1.29, 1.82) is 5.26 Å². The minimum Gasteiger partial charge on any atom is -0.495 e. The van der Waals surface area contributed by atoms with Gasteiger partial charge in [-0.1, -0.05) is 11.6 Å². The molecule has 0 bridgehead atoms. The zero-order chi connectivity index (χ0) is 15.4. The Morgan fingerprint density at radius 1 is 1.14 bits per heavy atom. The summed E-state index contributed by atoms with van der Waals surface area (Å²) >= 11 is 6.07. The predicted molar refractivity (Wildman–Crippen MR) is 79.0 cm³/mol. The predicted octanol–water partition coefficient (Wildman–Crippen LogP) is 4.11. The van der Waals surface area contributed by atoms with Crippen molar-refractivity contribution in [3.8, 4) is 17.6 Å². The van der Waals surface area contributed by atoms with E-state index in [2.05, 4.69) is 5.32 Å². The number of halogens is 2. The maximum Gasteiger partial charge on any atom is 0.146 e. The molecule has 21 heavy (non-hydrogen) atoms. The summed E-state index contributed by atoms with van der Waals surface area (Å²) in [5, 5.41) is 12.1. The average molecular weight is 307 g/mol. The monoisotopic (exact) mass is 306 g/mol. The Bertz CT molecular complexity index is 714. The highest BCUT2D eigenvalue weighted by Gasteiger charge is 2.11. The van der Waals surface area contributed by atoms with E-state index in [1.54, 1.807) is 24.3 Å². The Balaban J connectivity index is 2.37. The first-order valence-electron chi connectivity index (χ1n) is 5.97. The van der Waals surface area contributed by atoms with Crippen LogP contribution in [0.25, 0.3) is 0 Å². The van der Waals surface area contributed by atoms with Crippen molar-refractivity contribution >= 4 is 23.0 Å². The van der Waals surface area contributed by atoms with Crippen molar-refractivity contribution in [1.82, 2.24) is 0 Å². The van der Waals surface area contributed by atoms with Crippen molar-refractivity contribution in [3.05, 3.63) is 46.7 Å². The van der Waals surface area contributed by atoms with Gasteiger partial charge in [-0.15, -0.1) is 0 Å². The van der Waals surface area contributed by atoms with Crippen LogP contribution in [0.5, 0.6) is 11.5 Å². The molecule has 2 aromatic rings. The minimum absolute atomic E-state index is 0.0136. The maximum absolute atomic E-state index is 13.6. The lowest BCUT2D eigenvalue weighted by Gasteiger charge is -2.14. The molecule has 0 heterocycles. The molecular formula is C15H12ClFN2O2. The van der Waals surface area contributed by atoms with Crippen LogP contribution < -0.4 is 14.8 Å². The third kappa shape index (κ3) is 3.18. The molecule has 4 nitrogen and oxygen atoms in total. The molecule has 2 aromatic carbocycles. The Labute approximate surface area is 126 Å². The number of nitrogens with one attached hydrogen (secondary N) is 1. The van der Waals surface area contributed by atoms with Gasteiger partial charge >= 0.3 is 0 Å². The van der Waals surface area contributed by atoms with E-state index in [0.29, 0.717) is 27.9 Å². The fourth-order valence-corrected chi connectivity index (χ4v) is 2.04. The van der Waals surface area contributed by atoms with Crippen LogP contribution in [-0.2, 0) is 0 Å². The van der Waals surface area contributed by atoms with Gasteiger partial charge in [-0.2, -0.15) is 5.26 Å². The first-order valence-corrected chi connectivity index (χ1v) is 6.35. The van der Waals surface area contributed by atoms with Crippen LogP contribution in [0.4, 0.5) is 15.8 Å². The van der Waals surface area contributed by atoms with E-state index >= 15 is 0 Å². The van der Waals surface area contributed by atoms with Gasteiger partial charge in [0.15, 0.2) is 0 Å². The molecule has 6 heteroatoms. The van der Waals surface area contributed by atoms with E-state index in [1.165, 1.54) is 26.4 Å². The number of ether oxygens (including phenoxy) is 2. The summed E-state index contributed by atoms with van der Waals surface area (Å²) in [7, 11) is 3.01. The molecule has 0 fully saturated rings. The Morgan fingerprint density at radius 2 is 1.86 bits per heavy atom. The van der Waals surface area contributed by atoms with E-state index in [-0.39, 0.29) is 5.56 Å². The molecule has 0 saturated heterocycles. The standard InChI is InChI=1S/C15H12ClFN2O2/c1-20-14-7-15(21-2)13(6-11(14)16)19-10-4-3-9(8-18)12(17)5-10/h3-7,19H,1-2H3. The van der Waals surface area contributed by atoms with Gasteiger partial charge < -0.3 is 14.8 Å². The normalized spacial score (nSPS) is 9.86.